The lowest BCUT2D eigenvalue weighted by molar-refractivity contribution is -0.141. The van der Waals surface area contributed by atoms with E-state index in [0.717, 1.165) is 25.7 Å². The highest BCUT2D eigenvalue weighted by atomic mass is 16.5. The maximum Gasteiger partial charge on any atom is 0.346 e. The van der Waals surface area contributed by atoms with Crippen LogP contribution in [0.4, 0.5) is 0 Å². The van der Waals surface area contributed by atoms with E-state index < -0.39 is 23.4 Å². The van der Waals surface area contributed by atoms with Crippen molar-refractivity contribution in [3.63, 3.8) is 0 Å². The molecule has 0 aromatic carbocycles. The fraction of sp³-hybridized carbons (Fsp3) is 0.538. The fourth-order valence-corrected chi connectivity index (χ4v) is 3.58. The first kappa shape index (κ1) is 27.7. The second-order valence-electron chi connectivity index (χ2n) is 8.54. The number of rotatable bonds is 17. The summed E-state index contributed by atoms with van der Waals surface area (Å²) >= 11 is 0. The molecule has 2 N–H and O–H groups in total. The summed E-state index contributed by atoms with van der Waals surface area (Å²) in [5.41, 5.74) is 0.402. The van der Waals surface area contributed by atoms with Crippen LogP contribution in [-0.4, -0.2) is 44.8 Å². The lowest BCUT2D eigenvalue weighted by atomic mass is 10.1. The minimum Gasteiger partial charge on any atom is -0.490 e. The molecule has 0 radical (unpaired) electrons. The minimum absolute atomic E-state index is 0.249. The van der Waals surface area contributed by atoms with E-state index in [0.29, 0.717) is 43.1 Å². The largest absolute Gasteiger partial charge is 0.490 e. The van der Waals surface area contributed by atoms with Gasteiger partial charge in [0.05, 0.1) is 19.1 Å². The van der Waals surface area contributed by atoms with Crippen molar-refractivity contribution in [2.24, 2.45) is 5.92 Å². The second-order valence-corrected chi connectivity index (χ2v) is 8.54. The van der Waals surface area contributed by atoms with Gasteiger partial charge in [0.2, 0.25) is 5.88 Å². The Morgan fingerprint density at radius 3 is 2.49 bits per heavy atom. The predicted octanol–water partition coefficient (Wildman–Crippen LogP) is 5.33. The number of hydrogen-bond acceptors (Lipinski definition) is 6. The first-order valence-electron chi connectivity index (χ1n) is 12.2. The average molecular weight is 486 g/mol. The average Bonchev–Trinajstić information content (AvgIpc) is 3.19. The number of carboxylic acid groups (broad SMARTS) is 2. The van der Waals surface area contributed by atoms with Crippen LogP contribution in [0.15, 0.2) is 23.9 Å². The molecule has 2 rings (SSSR count). The number of aromatic nitrogens is 2. The zero-order chi connectivity index (χ0) is 25.6. The molecule has 0 fully saturated rings. The normalized spacial score (nSPS) is 12.3. The summed E-state index contributed by atoms with van der Waals surface area (Å²) in [7, 11) is 0. The molecule has 0 aliphatic carbocycles. The van der Waals surface area contributed by atoms with Crippen molar-refractivity contribution in [3.05, 3.63) is 29.6 Å². The molecule has 0 saturated heterocycles. The number of imidazole rings is 1. The number of unbranched alkanes of at least 4 members (excludes halogenated alkanes) is 6. The first-order chi connectivity index (χ1) is 16.9. The first-order valence-corrected chi connectivity index (χ1v) is 12.2. The van der Waals surface area contributed by atoms with Crippen LogP contribution in [0.25, 0.3) is 11.7 Å². The third-order valence-corrected chi connectivity index (χ3v) is 5.70. The molecule has 0 spiro atoms. The molecule has 0 aliphatic heterocycles. The van der Waals surface area contributed by atoms with Crippen molar-refractivity contribution >= 4 is 23.7 Å². The molecule has 0 bridgehead atoms. The summed E-state index contributed by atoms with van der Waals surface area (Å²) in [5.74, 6) is -1.78. The number of ether oxygens (including phenoxy) is 2. The molecular weight excluding hydrogens is 450 g/mol. The third-order valence-electron chi connectivity index (χ3n) is 5.70. The van der Waals surface area contributed by atoms with E-state index in [9.17, 15) is 20.0 Å². The van der Waals surface area contributed by atoms with E-state index in [2.05, 4.69) is 11.9 Å². The summed E-state index contributed by atoms with van der Waals surface area (Å²) < 4.78 is 13.5. The number of hydrogen-bond donors (Lipinski definition) is 2. The molecule has 2 aromatic rings. The van der Waals surface area contributed by atoms with Crippen LogP contribution in [-0.2, 0) is 9.59 Å². The van der Waals surface area contributed by atoms with E-state index in [-0.39, 0.29) is 5.88 Å². The molecule has 2 heterocycles. The highest BCUT2D eigenvalue weighted by molar-refractivity contribution is 5.96. The minimum atomic E-state index is -1.33. The summed E-state index contributed by atoms with van der Waals surface area (Å²) in [6.45, 7) is 4.68. The number of carbonyl (C=O) groups is 2. The van der Waals surface area contributed by atoms with Gasteiger partial charge in [0.15, 0.2) is 11.4 Å². The number of carboxylic acids is 2. The zero-order valence-electron chi connectivity index (χ0n) is 20.5. The molecule has 9 nitrogen and oxygen atoms in total. The van der Waals surface area contributed by atoms with E-state index in [4.69, 9.17) is 14.6 Å². The van der Waals surface area contributed by atoms with Gasteiger partial charge in [-0.1, -0.05) is 46.0 Å². The van der Waals surface area contributed by atoms with E-state index in [1.165, 1.54) is 25.3 Å². The van der Waals surface area contributed by atoms with Crippen LogP contribution < -0.4 is 9.47 Å². The molecule has 2 aromatic heterocycles. The Morgan fingerprint density at radius 2 is 1.80 bits per heavy atom. The number of aliphatic carboxylic acids is 2. The number of pyridine rings is 1. The van der Waals surface area contributed by atoms with Crippen molar-refractivity contribution in [1.82, 2.24) is 9.38 Å². The standard InChI is InChI=1S/C26H35N3O6/c1-3-4-5-6-7-9-16-35-24-21(17-20(18-27)26(32)33)29-14-11-13-22(23(29)28-24)34-15-10-8-12-19(2)25(30)31/h11,13-14,17,19H,3-10,12,15-16H2,1-2H3,(H,30,31)(H,32,33). The van der Waals surface area contributed by atoms with Crippen LogP contribution in [0.5, 0.6) is 11.6 Å². The van der Waals surface area contributed by atoms with Crippen LogP contribution in [0, 0.1) is 17.2 Å². The molecule has 9 heteroatoms. The summed E-state index contributed by atoms with van der Waals surface area (Å²) in [6, 6.07) is 5.21. The van der Waals surface area contributed by atoms with Gasteiger partial charge in [-0.25, -0.2) is 4.79 Å². The van der Waals surface area contributed by atoms with Gasteiger partial charge in [-0.15, -0.1) is 0 Å². The molecular formula is C26H35N3O6. The van der Waals surface area contributed by atoms with Crippen LogP contribution in [0.3, 0.4) is 0 Å². The SMILES string of the molecule is CCCCCCCCOc1nc2c(OCCCCC(C)C(=O)O)cccn2c1C=C(C#N)C(=O)O. The van der Waals surface area contributed by atoms with Gasteiger partial charge in [-0.05, 0) is 43.9 Å². The zero-order valence-corrected chi connectivity index (χ0v) is 20.5. The van der Waals surface area contributed by atoms with Crippen molar-refractivity contribution in [2.75, 3.05) is 13.2 Å². The van der Waals surface area contributed by atoms with Gasteiger partial charge >= 0.3 is 11.9 Å². The van der Waals surface area contributed by atoms with Crippen molar-refractivity contribution in [1.29, 1.82) is 5.26 Å². The Hall–Kier alpha value is -3.54. The highest BCUT2D eigenvalue weighted by Gasteiger charge is 2.18. The van der Waals surface area contributed by atoms with Gasteiger partial charge in [-0.3, -0.25) is 9.20 Å². The highest BCUT2D eigenvalue weighted by Crippen LogP contribution is 2.29. The van der Waals surface area contributed by atoms with Gasteiger partial charge in [0.25, 0.3) is 0 Å². The molecule has 0 amide bonds. The smallest absolute Gasteiger partial charge is 0.346 e. The monoisotopic (exact) mass is 485 g/mol. The summed E-state index contributed by atoms with van der Waals surface area (Å²) in [6.07, 6.45) is 11.6. The van der Waals surface area contributed by atoms with Crippen LogP contribution in [0.2, 0.25) is 0 Å². The van der Waals surface area contributed by atoms with Gasteiger partial charge < -0.3 is 19.7 Å². The van der Waals surface area contributed by atoms with Gasteiger partial charge in [-0.2, -0.15) is 10.2 Å². The Labute approximate surface area is 206 Å². The van der Waals surface area contributed by atoms with Crippen molar-refractivity contribution < 1.29 is 29.3 Å². The Morgan fingerprint density at radius 1 is 1.11 bits per heavy atom. The van der Waals surface area contributed by atoms with Crippen LogP contribution in [0.1, 0.15) is 77.3 Å². The summed E-state index contributed by atoms with van der Waals surface area (Å²) in [4.78, 5) is 26.9. The van der Waals surface area contributed by atoms with Crippen LogP contribution >= 0.6 is 0 Å². The molecule has 0 aliphatic rings. The number of nitriles is 1. The Bertz CT molecular complexity index is 1050. The predicted molar refractivity (Wildman–Crippen MR) is 131 cm³/mol. The van der Waals surface area contributed by atoms with E-state index in [1.807, 2.05) is 0 Å². The maximum atomic E-state index is 11.4. The lowest BCUT2D eigenvalue weighted by Gasteiger charge is -2.08. The Kier molecular flexibility index (Phi) is 11.6. The topological polar surface area (TPSA) is 134 Å². The quantitative estimate of drug-likeness (QED) is 0.174. The molecule has 1 unspecified atom stereocenters. The number of nitrogens with zero attached hydrogens (tertiary/aromatic N) is 3. The van der Waals surface area contributed by atoms with Gasteiger partial charge in [0, 0.05) is 6.20 Å². The van der Waals surface area contributed by atoms with E-state index in [1.54, 1.807) is 35.7 Å². The molecule has 1 atom stereocenters. The van der Waals surface area contributed by atoms with E-state index >= 15 is 0 Å². The summed E-state index contributed by atoms with van der Waals surface area (Å²) in [5, 5.41) is 27.6. The van der Waals surface area contributed by atoms with Gasteiger partial charge in [0.1, 0.15) is 17.3 Å². The number of fused-ring (bicyclic) bond motifs is 1. The third kappa shape index (κ3) is 8.63. The van der Waals surface area contributed by atoms with Crippen molar-refractivity contribution in [3.8, 4) is 17.7 Å². The Balaban J connectivity index is 2.16. The fourth-order valence-electron chi connectivity index (χ4n) is 3.58. The van der Waals surface area contributed by atoms with Crippen molar-refractivity contribution in [2.45, 2.75) is 71.6 Å². The molecule has 190 valence electrons. The molecule has 0 saturated carbocycles. The lowest BCUT2D eigenvalue weighted by Crippen LogP contribution is -2.09. The second kappa shape index (κ2) is 14.7. The maximum absolute atomic E-state index is 11.4. The molecule has 35 heavy (non-hydrogen) atoms.